The first-order chi connectivity index (χ1) is 8.25. The van der Waals surface area contributed by atoms with Crippen molar-refractivity contribution in [3.8, 4) is 0 Å². The highest BCUT2D eigenvalue weighted by Gasteiger charge is 2.41. The zero-order valence-electron chi connectivity index (χ0n) is 9.53. The first-order valence-electron chi connectivity index (χ1n) is 6.04. The first kappa shape index (κ1) is 11.2. The molecule has 90 valence electrons. The molecule has 0 saturated carbocycles. The number of amides is 1. The number of carbonyl (C=O) groups is 1. The van der Waals surface area contributed by atoms with E-state index in [0.29, 0.717) is 18.4 Å². The van der Waals surface area contributed by atoms with E-state index in [2.05, 4.69) is 21.2 Å². The van der Waals surface area contributed by atoms with Crippen molar-refractivity contribution in [2.45, 2.75) is 18.9 Å². The summed E-state index contributed by atoms with van der Waals surface area (Å²) in [5, 5.41) is 3.37. The van der Waals surface area contributed by atoms with E-state index < -0.39 is 0 Å². The standard InChI is InChI=1S/C13H15BrN2O/c14-10-1-3-11(4-2-10)16-12-5-6-15-8-9(12)7-13(16)17/h1-4,9,12,15H,5-8H2. The van der Waals surface area contributed by atoms with Crippen molar-refractivity contribution in [1.82, 2.24) is 5.32 Å². The molecule has 1 aromatic carbocycles. The highest BCUT2D eigenvalue weighted by atomic mass is 79.9. The number of nitrogens with zero attached hydrogens (tertiary/aromatic N) is 1. The van der Waals surface area contributed by atoms with Crippen molar-refractivity contribution in [1.29, 1.82) is 0 Å². The fraction of sp³-hybridized carbons (Fsp3) is 0.462. The van der Waals surface area contributed by atoms with Crippen molar-refractivity contribution < 1.29 is 4.79 Å². The molecule has 0 radical (unpaired) electrons. The summed E-state index contributed by atoms with van der Waals surface area (Å²) in [7, 11) is 0. The molecule has 4 heteroatoms. The first-order valence-corrected chi connectivity index (χ1v) is 6.83. The second-order valence-corrected chi connectivity index (χ2v) is 5.68. The number of rotatable bonds is 1. The number of nitrogens with one attached hydrogen (secondary N) is 1. The van der Waals surface area contributed by atoms with Gasteiger partial charge in [-0.2, -0.15) is 0 Å². The van der Waals surface area contributed by atoms with Gasteiger partial charge in [0.1, 0.15) is 0 Å². The van der Waals surface area contributed by atoms with Crippen LogP contribution >= 0.6 is 15.9 Å². The molecule has 3 nitrogen and oxygen atoms in total. The summed E-state index contributed by atoms with van der Waals surface area (Å²) in [5.41, 5.74) is 1.03. The number of carbonyl (C=O) groups excluding carboxylic acids is 1. The SMILES string of the molecule is O=C1CC2CNCCC2N1c1ccc(Br)cc1. The summed E-state index contributed by atoms with van der Waals surface area (Å²) < 4.78 is 1.05. The Balaban J connectivity index is 1.90. The molecule has 1 N–H and O–H groups in total. The molecule has 2 unspecified atom stereocenters. The van der Waals surface area contributed by atoms with Crippen LogP contribution in [0.2, 0.25) is 0 Å². The summed E-state index contributed by atoms with van der Waals surface area (Å²) in [6.45, 7) is 1.99. The van der Waals surface area contributed by atoms with Crippen LogP contribution in [-0.2, 0) is 4.79 Å². The van der Waals surface area contributed by atoms with Crippen molar-refractivity contribution in [3.63, 3.8) is 0 Å². The minimum Gasteiger partial charge on any atom is -0.316 e. The molecule has 2 saturated heterocycles. The molecule has 2 aliphatic heterocycles. The van der Waals surface area contributed by atoms with Crippen LogP contribution in [0.1, 0.15) is 12.8 Å². The molecule has 3 rings (SSSR count). The Morgan fingerprint density at radius 1 is 1.29 bits per heavy atom. The van der Waals surface area contributed by atoms with E-state index in [9.17, 15) is 4.79 Å². The maximum absolute atomic E-state index is 12.1. The molecule has 1 amide bonds. The lowest BCUT2D eigenvalue weighted by Crippen LogP contribution is -2.44. The van der Waals surface area contributed by atoms with Gasteiger partial charge < -0.3 is 10.2 Å². The molecule has 2 heterocycles. The normalized spacial score (nSPS) is 28.3. The number of halogens is 1. The molecular weight excluding hydrogens is 280 g/mol. The van der Waals surface area contributed by atoms with Crippen molar-refractivity contribution in [2.75, 3.05) is 18.0 Å². The van der Waals surface area contributed by atoms with Crippen molar-refractivity contribution >= 4 is 27.5 Å². The van der Waals surface area contributed by atoms with Gasteiger partial charge in [0, 0.05) is 35.1 Å². The summed E-state index contributed by atoms with van der Waals surface area (Å²) in [5.74, 6) is 0.755. The summed E-state index contributed by atoms with van der Waals surface area (Å²) in [4.78, 5) is 14.1. The maximum atomic E-state index is 12.1. The third-order valence-electron chi connectivity index (χ3n) is 3.71. The van der Waals surface area contributed by atoms with Crippen LogP contribution in [0.15, 0.2) is 28.7 Å². The average molecular weight is 295 g/mol. The Labute approximate surface area is 109 Å². The van der Waals surface area contributed by atoms with E-state index in [0.717, 1.165) is 29.7 Å². The second kappa shape index (κ2) is 4.42. The van der Waals surface area contributed by atoms with Crippen LogP contribution in [0, 0.1) is 5.92 Å². The topological polar surface area (TPSA) is 32.3 Å². The van der Waals surface area contributed by atoms with Crippen molar-refractivity contribution in [2.24, 2.45) is 5.92 Å². The van der Waals surface area contributed by atoms with Gasteiger partial charge in [0.25, 0.3) is 0 Å². The van der Waals surface area contributed by atoms with Gasteiger partial charge in [0.05, 0.1) is 0 Å². The van der Waals surface area contributed by atoms with E-state index in [4.69, 9.17) is 0 Å². The van der Waals surface area contributed by atoms with E-state index in [-0.39, 0.29) is 5.91 Å². The Morgan fingerprint density at radius 3 is 2.82 bits per heavy atom. The van der Waals surface area contributed by atoms with Gasteiger partial charge in [-0.25, -0.2) is 0 Å². The summed E-state index contributed by atoms with van der Waals surface area (Å²) in [6.07, 6.45) is 1.75. The fourth-order valence-electron chi connectivity index (χ4n) is 2.90. The summed E-state index contributed by atoms with van der Waals surface area (Å²) in [6, 6.07) is 8.43. The molecule has 0 aromatic heterocycles. The van der Waals surface area contributed by atoms with Gasteiger partial charge in [-0.15, -0.1) is 0 Å². The zero-order chi connectivity index (χ0) is 11.8. The Morgan fingerprint density at radius 2 is 2.06 bits per heavy atom. The van der Waals surface area contributed by atoms with Gasteiger partial charge in [0.2, 0.25) is 5.91 Å². The minimum atomic E-state index is 0.269. The van der Waals surface area contributed by atoms with E-state index in [1.807, 2.05) is 29.2 Å². The number of hydrogen-bond donors (Lipinski definition) is 1. The Bertz CT molecular complexity index is 432. The van der Waals surface area contributed by atoms with Crippen LogP contribution < -0.4 is 10.2 Å². The minimum absolute atomic E-state index is 0.269. The molecule has 0 bridgehead atoms. The van der Waals surface area contributed by atoms with Gasteiger partial charge in [-0.1, -0.05) is 15.9 Å². The molecule has 17 heavy (non-hydrogen) atoms. The molecule has 1 aromatic rings. The van der Waals surface area contributed by atoms with Crippen molar-refractivity contribution in [3.05, 3.63) is 28.7 Å². The van der Waals surface area contributed by atoms with Gasteiger partial charge in [-0.3, -0.25) is 4.79 Å². The zero-order valence-corrected chi connectivity index (χ0v) is 11.1. The highest BCUT2D eigenvalue weighted by molar-refractivity contribution is 9.10. The van der Waals surface area contributed by atoms with Crippen LogP contribution in [0.4, 0.5) is 5.69 Å². The highest BCUT2D eigenvalue weighted by Crippen LogP contribution is 2.34. The number of anilines is 1. The van der Waals surface area contributed by atoms with E-state index in [1.165, 1.54) is 0 Å². The third kappa shape index (κ3) is 2.00. The lowest BCUT2D eigenvalue weighted by molar-refractivity contribution is -0.117. The predicted molar refractivity (Wildman–Crippen MR) is 71.0 cm³/mol. The molecular formula is C13H15BrN2O. The smallest absolute Gasteiger partial charge is 0.227 e. The lowest BCUT2D eigenvalue weighted by Gasteiger charge is -2.32. The molecule has 2 fully saturated rings. The number of fused-ring (bicyclic) bond motifs is 1. The third-order valence-corrected chi connectivity index (χ3v) is 4.24. The maximum Gasteiger partial charge on any atom is 0.227 e. The van der Waals surface area contributed by atoms with E-state index >= 15 is 0 Å². The average Bonchev–Trinajstić information content (AvgIpc) is 2.66. The molecule has 0 aliphatic carbocycles. The van der Waals surface area contributed by atoms with Crippen LogP contribution in [0.25, 0.3) is 0 Å². The molecule has 2 atom stereocenters. The number of hydrogen-bond acceptors (Lipinski definition) is 2. The van der Waals surface area contributed by atoms with Crippen LogP contribution in [-0.4, -0.2) is 25.0 Å². The van der Waals surface area contributed by atoms with Crippen LogP contribution in [0.3, 0.4) is 0 Å². The number of piperidine rings is 1. The second-order valence-electron chi connectivity index (χ2n) is 4.76. The largest absolute Gasteiger partial charge is 0.316 e. The lowest BCUT2D eigenvalue weighted by atomic mass is 9.94. The van der Waals surface area contributed by atoms with Gasteiger partial charge in [0.15, 0.2) is 0 Å². The Hall–Kier alpha value is -0.870. The van der Waals surface area contributed by atoms with E-state index in [1.54, 1.807) is 0 Å². The quantitative estimate of drug-likeness (QED) is 0.861. The number of benzene rings is 1. The Kier molecular flexibility index (Phi) is 2.92. The molecule has 2 aliphatic rings. The summed E-state index contributed by atoms with van der Waals surface area (Å²) >= 11 is 3.42. The molecule has 0 spiro atoms. The predicted octanol–water partition coefficient (Wildman–Crippen LogP) is 2.16. The van der Waals surface area contributed by atoms with Crippen LogP contribution in [0.5, 0.6) is 0 Å². The fourth-order valence-corrected chi connectivity index (χ4v) is 3.17. The monoisotopic (exact) mass is 294 g/mol. The van der Waals surface area contributed by atoms with Gasteiger partial charge >= 0.3 is 0 Å². The van der Waals surface area contributed by atoms with Gasteiger partial charge in [-0.05, 0) is 37.2 Å².